The molecule has 24 heavy (non-hydrogen) atoms. The quantitative estimate of drug-likeness (QED) is 0.859. The van der Waals surface area contributed by atoms with Crippen LogP contribution in [0.15, 0.2) is 47.6 Å². The lowest BCUT2D eigenvalue weighted by Crippen LogP contribution is -2.36. The van der Waals surface area contributed by atoms with E-state index in [1.54, 1.807) is 11.3 Å². The number of aromatic nitrogens is 1. The Hall–Kier alpha value is -2.18. The molecule has 6 heteroatoms. The molecule has 0 bridgehead atoms. The largest absolute Gasteiger partial charge is 0.378 e. The number of anilines is 2. The molecule has 1 aromatic heterocycles. The minimum absolute atomic E-state index is 0.136. The monoisotopic (exact) mass is 340 g/mol. The normalized spacial score (nSPS) is 20.6. The summed E-state index contributed by atoms with van der Waals surface area (Å²) in [6.45, 7) is 5.48. The van der Waals surface area contributed by atoms with Crippen LogP contribution in [-0.4, -0.2) is 37.6 Å². The van der Waals surface area contributed by atoms with E-state index in [1.165, 1.54) is 4.88 Å². The number of hydrogen-bond donors (Lipinski definition) is 0. The van der Waals surface area contributed by atoms with Crippen molar-refractivity contribution in [3.05, 3.63) is 53.2 Å². The first-order valence-electron chi connectivity index (χ1n) is 8.16. The summed E-state index contributed by atoms with van der Waals surface area (Å²) in [6.07, 6.45) is 5.90. The molecule has 0 radical (unpaired) electrons. The van der Waals surface area contributed by atoms with Gasteiger partial charge in [-0.3, -0.25) is 0 Å². The van der Waals surface area contributed by atoms with Crippen molar-refractivity contribution in [2.75, 3.05) is 36.1 Å². The summed E-state index contributed by atoms with van der Waals surface area (Å²) in [5.41, 5.74) is 2.23. The number of thiazole rings is 1. The molecule has 124 valence electrons. The molecule has 1 atom stereocenters. The highest BCUT2D eigenvalue weighted by atomic mass is 32.1. The van der Waals surface area contributed by atoms with Crippen LogP contribution in [0.4, 0.5) is 10.8 Å². The summed E-state index contributed by atoms with van der Waals surface area (Å²) in [4.78, 5) is 14.9. The minimum Gasteiger partial charge on any atom is -0.378 e. The van der Waals surface area contributed by atoms with Gasteiger partial charge in [-0.2, -0.15) is 0 Å². The second-order valence-electron chi connectivity index (χ2n) is 5.84. The van der Waals surface area contributed by atoms with Crippen molar-refractivity contribution in [1.29, 1.82) is 0 Å². The van der Waals surface area contributed by atoms with Gasteiger partial charge in [0.25, 0.3) is 0 Å². The molecule has 0 N–H and O–H groups in total. The second-order valence-corrected chi connectivity index (χ2v) is 6.85. The van der Waals surface area contributed by atoms with E-state index in [9.17, 15) is 0 Å². The van der Waals surface area contributed by atoms with E-state index in [0.29, 0.717) is 0 Å². The number of hydrogen-bond acceptors (Lipinski definition) is 6. The van der Waals surface area contributed by atoms with E-state index in [-0.39, 0.29) is 6.04 Å². The number of para-hydroxylation sites is 1. The number of rotatable bonds is 3. The zero-order valence-corrected chi connectivity index (χ0v) is 14.4. The molecule has 2 aliphatic heterocycles. The third-order valence-corrected chi connectivity index (χ3v) is 5.56. The van der Waals surface area contributed by atoms with E-state index in [0.717, 1.165) is 42.8 Å². The van der Waals surface area contributed by atoms with Gasteiger partial charge in [0.2, 0.25) is 0 Å². The van der Waals surface area contributed by atoms with E-state index in [1.807, 2.05) is 18.6 Å². The van der Waals surface area contributed by atoms with Crippen LogP contribution in [0.1, 0.15) is 16.6 Å². The standard InChI is InChI=1S/C18H20N4OS/c1-14-17(24-18(20-14)21-9-11-23-12-10-21)16-7-8-19-13-22(16)15-5-3-2-4-6-15/h2-8,13,16H,9-12H2,1H3. The first-order valence-corrected chi connectivity index (χ1v) is 8.98. The molecule has 1 saturated heterocycles. The molecule has 4 rings (SSSR count). The van der Waals surface area contributed by atoms with E-state index in [4.69, 9.17) is 9.72 Å². The predicted molar refractivity (Wildman–Crippen MR) is 99.2 cm³/mol. The Balaban J connectivity index is 1.65. The van der Waals surface area contributed by atoms with Gasteiger partial charge in [-0.25, -0.2) is 9.98 Å². The van der Waals surface area contributed by atoms with Crippen molar-refractivity contribution in [3.63, 3.8) is 0 Å². The maximum Gasteiger partial charge on any atom is 0.186 e. The maximum absolute atomic E-state index is 5.45. The summed E-state index contributed by atoms with van der Waals surface area (Å²) >= 11 is 1.78. The van der Waals surface area contributed by atoms with Gasteiger partial charge in [0.05, 0.1) is 36.2 Å². The van der Waals surface area contributed by atoms with Crippen LogP contribution in [0.5, 0.6) is 0 Å². The Morgan fingerprint density at radius 2 is 1.96 bits per heavy atom. The van der Waals surface area contributed by atoms with Crippen molar-refractivity contribution in [2.45, 2.75) is 13.0 Å². The molecular formula is C18H20N4OS. The lowest BCUT2D eigenvalue weighted by molar-refractivity contribution is 0.122. The van der Waals surface area contributed by atoms with Crippen LogP contribution >= 0.6 is 11.3 Å². The number of aliphatic imine (C=N–C) groups is 1. The highest BCUT2D eigenvalue weighted by Gasteiger charge is 2.25. The van der Waals surface area contributed by atoms with Gasteiger partial charge < -0.3 is 14.5 Å². The zero-order valence-electron chi connectivity index (χ0n) is 13.6. The topological polar surface area (TPSA) is 41.0 Å². The third kappa shape index (κ3) is 2.95. The van der Waals surface area contributed by atoms with Crippen molar-refractivity contribution < 1.29 is 4.74 Å². The molecule has 5 nitrogen and oxygen atoms in total. The fourth-order valence-corrected chi connectivity index (χ4v) is 4.20. The summed E-state index contributed by atoms with van der Waals surface area (Å²) in [7, 11) is 0. The van der Waals surface area contributed by atoms with Crippen molar-refractivity contribution >= 4 is 28.5 Å². The van der Waals surface area contributed by atoms with Crippen LogP contribution in [0, 0.1) is 6.92 Å². The minimum atomic E-state index is 0.136. The van der Waals surface area contributed by atoms with Gasteiger partial charge in [0.1, 0.15) is 0 Å². The first kappa shape index (κ1) is 15.4. The molecule has 0 amide bonds. The fraction of sp³-hybridized carbons (Fsp3) is 0.333. The average Bonchev–Trinajstić information content (AvgIpc) is 3.05. The molecule has 0 aliphatic carbocycles. The fourth-order valence-electron chi connectivity index (χ4n) is 3.01. The summed E-state index contributed by atoms with van der Waals surface area (Å²) in [5.74, 6) is 0. The summed E-state index contributed by atoms with van der Waals surface area (Å²) in [6, 6.07) is 10.5. The van der Waals surface area contributed by atoms with E-state index < -0.39 is 0 Å². The van der Waals surface area contributed by atoms with Crippen LogP contribution in [-0.2, 0) is 4.74 Å². The van der Waals surface area contributed by atoms with Crippen LogP contribution in [0.2, 0.25) is 0 Å². The van der Waals surface area contributed by atoms with Gasteiger partial charge in [-0.05, 0) is 25.1 Å². The number of benzene rings is 1. The Labute approximate surface area is 145 Å². The first-order chi connectivity index (χ1) is 11.8. The van der Waals surface area contributed by atoms with Crippen molar-refractivity contribution in [2.24, 2.45) is 4.99 Å². The highest BCUT2D eigenvalue weighted by molar-refractivity contribution is 7.15. The summed E-state index contributed by atoms with van der Waals surface area (Å²) < 4.78 is 5.45. The van der Waals surface area contributed by atoms with Crippen LogP contribution in [0.25, 0.3) is 0 Å². The van der Waals surface area contributed by atoms with Gasteiger partial charge in [0.15, 0.2) is 5.13 Å². The smallest absolute Gasteiger partial charge is 0.186 e. The molecule has 0 spiro atoms. The van der Waals surface area contributed by atoms with Crippen molar-refractivity contribution in [1.82, 2.24) is 4.98 Å². The second kappa shape index (κ2) is 6.75. The zero-order chi connectivity index (χ0) is 16.4. The van der Waals surface area contributed by atoms with Crippen LogP contribution < -0.4 is 9.80 Å². The van der Waals surface area contributed by atoms with Crippen molar-refractivity contribution in [3.8, 4) is 0 Å². The number of ether oxygens (including phenoxy) is 1. The summed E-state index contributed by atoms with van der Waals surface area (Å²) in [5, 5.41) is 1.09. The number of nitrogens with zero attached hydrogens (tertiary/aromatic N) is 4. The molecule has 2 aliphatic rings. The van der Waals surface area contributed by atoms with Crippen LogP contribution in [0.3, 0.4) is 0 Å². The Morgan fingerprint density at radius 3 is 2.75 bits per heavy atom. The van der Waals surface area contributed by atoms with E-state index in [2.05, 4.69) is 52.1 Å². The predicted octanol–water partition coefficient (Wildman–Crippen LogP) is 3.39. The van der Waals surface area contributed by atoms with Gasteiger partial charge >= 0.3 is 0 Å². The maximum atomic E-state index is 5.45. The van der Waals surface area contributed by atoms with Gasteiger partial charge in [-0.15, -0.1) is 0 Å². The third-order valence-electron chi connectivity index (χ3n) is 4.27. The Kier molecular flexibility index (Phi) is 4.32. The molecule has 3 heterocycles. The molecule has 1 fully saturated rings. The average molecular weight is 340 g/mol. The lowest BCUT2D eigenvalue weighted by atomic mass is 10.1. The molecule has 1 aromatic carbocycles. The number of morpholine rings is 1. The Bertz CT molecular complexity index is 750. The molecule has 0 saturated carbocycles. The highest BCUT2D eigenvalue weighted by Crippen LogP contribution is 2.37. The molecule has 2 aromatic rings. The lowest BCUT2D eigenvalue weighted by Gasteiger charge is -2.29. The number of aryl methyl sites for hydroxylation is 1. The SMILES string of the molecule is Cc1nc(N2CCOCC2)sc1C1C=CN=CN1c1ccccc1. The Morgan fingerprint density at radius 1 is 1.17 bits per heavy atom. The molecule has 1 unspecified atom stereocenters. The van der Waals surface area contributed by atoms with Gasteiger partial charge in [0, 0.05) is 25.0 Å². The molecular weight excluding hydrogens is 320 g/mol. The van der Waals surface area contributed by atoms with Gasteiger partial charge in [-0.1, -0.05) is 29.5 Å². The van der Waals surface area contributed by atoms with E-state index >= 15 is 0 Å².